The molecule has 0 saturated heterocycles. The van der Waals surface area contributed by atoms with E-state index in [1.165, 1.54) is 5.56 Å². The van der Waals surface area contributed by atoms with Crippen LogP contribution in [0.4, 0.5) is 0 Å². The van der Waals surface area contributed by atoms with Crippen molar-refractivity contribution < 1.29 is 14.3 Å². The molecule has 1 rings (SSSR count). The number of nitrogens with two attached hydrogens (primary N) is 1. The lowest BCUT2D eigenvalue weighted by atomic mass is 10.2. The highest BCUT2D eigenvalue weighted by atomic mass is 16.5. The Morgan fingerprint density at radius 2 is 1.93 bits per heavy atom. The molecule has 0 atom stereocenters. The van der Waals surface area contributed by atoms with E-state index in [4.69, 9.17) is 15.2 Å². The van der Waals surface area contributed by atoms with Gasteiger partial charge in [-0.2, -0.15) is 0 Å². The summed E-state index contributed by atoms with van der Waals surface area (Å²) >= 11 is 0. The van der Waals surface area contributed by atoms with Crippen molar-refractivity contribution >= 4 is 5.91 Å². The van der Waals surface area contributed by atoms with E-state index < -0.39 is 5.91 Å². The molecule has 0 aliphatic heterocycles. The molecule has 1 amide bonds. The first-order valence-electron chi connectivity index (χ1n) is 4.74. The van der Waals surface area contributed by atoms with E-state index in [1.54, 1.807) is 0 Å². The fourth-order valence-corrected chi connectivity index (χ4v) is 1.03. The number of carbonyl (C=O) groups excluding carboxylic acids is 1. The van der Waals surface area contributed by atoms with Gasteiger partial charge in [-0.15, -0.1) is 0 Å². The Morgan fingerprint density at radius 1 is 1.27 bits per heavy atom. The molecule has 0 saturated carbocycles. The average molecular weight is 209 g/mol. The predicted molar refractivity (Wildman–Crippen MR) is 56.7 cm³/mol. The van der Waals surface area contributed by atoms with Crippen molar-refractivity contribution in [1.82, 2.24) is 0 Å². The third-order valence-electron chi connectivity index (χ3n) is 1.76. The van der Waals surface area contributed by atoms with Gasteiger partial charge in [-0.05, 0) is 19.1 Å². The molecule has 0 radical (unpaired) electrons. The van der Waals surface area contributed by atoms with Gasteiger partial charge in [0, 0.05) is 0 Å². The maximum atomic E-state index is 10.3. The summed E-state index contributed by atoms with van der Waals surface area (Å²) in [5.41, 5.74) is 6.09. The maximum Gasteiger partial charge on any atom is 0.243 e. The van der Waals surface area contributed by atoms with Crippen LogP contribution in [0.5, 0.6) is 5.75 Å². The van der Waals surface area contributed by atoms with E-state index in [0.717, 1.165) is 5.75 Å². The van der Waals surface area contributed by atoms with E-state index in [0.29, 0.717) is 13.2 Å². The highest BCUT2D eigenvalue weighted by molar-refractivity contribution is 5.74. The standard InChI is InChI=1S/C11H15NO3/c1-9-2-4-10(5-3-9)15-7-6-14-8-11(12)13/h2-5H,6-8H2,1H3,(H2,12,13). The third-order valence-corrected chi connectivity index (χ3v) is 1.76. The van der Waals surface area contributed by atoms with E-state index >= 15 is 0 Å². The maximum absolute atomic E-state index is 10.3. The summed E-state index contributed by atoms with van der Waals surface area (Å²) < 4.78 is 10.3. The molecule has 0 aromatic heterocycles. The van der Waals surface area contributed by atoms with Crippen molar-refractivity contribution in [3.05, 3.63) is 29.8 Å². The van der Waals surface area contributed by atoms with Crippen molar-refractivity contribution in [3.8, 4) is 5.75 Å². The van der Waals surface area contributed by atoms with Crippen molar-refractivity contribution in [2.75, 3.05) is 19.8 Å². The summed E-state index contributed by atoms with van der Waals surface area (Å²) in [4.78, 5) is 10.3. The van der Waals surface area contributed by atoms with Gasteiger partial charge >= 0.3 is 0 Å². The largest absolute Gasteiger partial charge is 0.491 e. The summed E-state index contributed by atoms with van der Waals surface area (Å²) in [5.74, 6) is 0.327. The van der Waals surface area contributed by atoms with Crippen LogP contribution in [0.2, 0.25) is 0 Å². The lowest BCUT2D eigenvalue weighted by Gasteiger charge is -2.06. The van der Waals surface area contributed by atoms with Crippen LogP contribution in [-0.2, 0) is 9.53 Å². The molecule has 4 nitrogen and oxygen atoms in total. The first-order valence-corrected chi connectivity index (χ1v) is 4.74. The fourth-order valence-electron chi connectivity index (χ4n) is 1.03. The number of primary amides is 1. The molecule has 2 N–H and O–H groups in total. The summed E-state index contributed by atoms with van der Waals surface area (Å²) in [6.45, 7) is 2.73. The van der Waals surface area contributed by atoms with Gasteiger partial charge in [0.25, 0.3) is 0 Å². The number of hydrogen-bond donors (Lipinski definition) is 1. The van der Waals surface area contributed by atoms with Gasteiger partial charge in [0.1, 0.15) is 19.0 Å². The Kier molecular flexibility index (Phi) is 4.63. The summed E-state index contributed by atoms with van der Waals surface area (Å²) in [7, 11) is 0. The second kappa shape index (κ2) is 6.03. The molecular formula is C11H15NO3. The minimum Gasteiger partial charge on any atom is -0.491 e. The van der Waals surface area contributed by atoms with Crippen LogP contribution in [0.3, 0.4) is 0 Å². The summed E-state index contributed by atoms with van der Waals surface area (Å²) in [6.07, 6.45) is 0. The number of carbonyl (C=O) groups is 1. The number of benzene rings is 1. The number of amides is 1. The van der Waals surface area contributed by atoms with Crippen molar-refractivity contribution in [2.24, 2.45) is 5.73 Å². The zero-order chi connectivity index (χ0) is 11.1. The summed E-state index contributed by atoms with van der Waals surface area (Å²) in [6, 6.07) is 7.73. The van der Waals surface area contributed by atoms with E-state index in [9.17, 15) is 4.79 Å². The van der Waals surface area contributed by atoms with Crippen LogP contribution in [-0.4, -0.2) is 25.7 Å². The Bertz CT molecular complexity index is 308. The lowest BCUT2D eigenvalue weighted by molar-refractivity contribution is -0.122. The summed E-state index contributed by atoms with van der Waals surface area (Å²) in [5, 5.41) is 0. The van der Waals surface area contributed by atoms with Crippen LogP contribution >= 0.6 is 0 Å². The zero-order valence-electron chi connectivity index (χ0n) is 8.73. The number of rotatable bonds is 6. The molecule has 0 aliphatic rings. The van der Waals surface area contributed by atoms with Crippen LogP contribution in [0.1, 0.15) is 5.56 Å². The molecule has 1 aromatic rings. The first kappa shape index (κ1) is 11.5. The molecule has 1 aromatic carbocycles. The lowest BCUT2D eigenvalue weighted by Crippen LogP contribution is -2.20. The average Bonchev–Trinajstić information content (AvgIpc) is 2.20. The van der Waals surface area contributed by atoms with E-state index in [-0.39, 0.29) is 6.61 Å². The van der Waals surface area contributed by atoms with Crippen LogP contribution in [0, 0.1) is 6.92 Å². The quantitative estimate of drug-likeness (QED) is 0.707. The second-order valence-electron chi connectivity index (χ2n) is 3.18. The molecule has 0 aliphatic carbocycles. The molecule has 82 valence electrons. The van der Waals surface area contributed by atoms with Crippen molar-refractivity contribution in [1.29, 1.82) is 0 Å². The third kappa shape index (κ3) is 5.02. The monoisotopic (exact) mass is 209 g/mol. The predicted octanol–water partition coefficient (Wildman–Crippen LogP) is 0.876. The Balaban J connectivity index is 2.15. The van der Waals surface area contributed by atoms with Gasteiger partial charge in [-0.25, -0.2) is 0 Å². The van der Waals surface area contributed by atoms with Crippen molar-refractivity contribution in [2.45, 2.75) is 6.92 Å². The first-order chi connectivity index (χ1) is 7.18. The number of hydrogen-bond acceptors (Lipinski definition) is 3. The van der Waals surface area contributed by atoms with Gasteiger partial charge in [0.2, 0.25) is 5.91 Å². The molecule has 4 heteroatoms. The van der Waals surface area contributed by atoms with Gasteiger partial charge in [0.05, 0.1) is 6.61 Å². The zero-order valence-corrected chi connectivity index (χ0v) is 8.73. The van der Waals surface area contributed by atoms with Gasteiger partial charge in [-0.3, -0.25) is 4.79 Å². The highest BCUT2D eigenvalue weighted by Crippen LogP contribution is 2.10. The Hall–Kier alpha value is -1.55. The topological polar surface area (TPSA) is 61.6 Å². The van der Waals surface area contributed by atoms with Crippen LogP contribution in [0.25, 0.3) is 0 Å². The highest BCUT2D eigenvalue weighted by Gasteiger charge is 1.95. The molecular weight excluding hydrogens is 194 g/mol. The molecule has 0 fully saturated rings. The number of aryl methyl sites for hydroxylation is 1. The van der Waals surface area contributed by atoms with Gasteiger partial charge in [0.15, 0.2) is 0 Å². The molecule has 0 bridgehead atoms. The van der Waals surface area contributed by atoms with Crippen LogP contribution < -0.4 is 10.5 Å². The SMILES string of the molecule is Cc1ccc(OCCOCC(N)=O)cc1. The van der Waals surface area contributed by atoms with Gasteiger partial charge < -0.3 is 15.2 Å². The minimum atomic E-state index is -0.467. The molecule has 15 heavy (non-hydrogen) atoms. The minimum absolute atomic E-state index is 0.0583. The number of ether oxygens (including phenoxy) is 2. The molecule has 0 heterocycles. The van der Waals surface area contributed by atoms with E-state index in [1.807, 2.05) is 31.2 Å². The normalized spacial score (nSPS) is 9.93. The fraction of sp³-hybridized carbons (Fsp3) is 0.364. The van der Waals surface area contributed by atoms with E-state index in [2.05, 4.69) is 0 Å². The Morgan fingerprint density at radius 3 is 2.53 bits per heavy atom. The van der Waals surface area contributed by atoms with Crippen molar-refractivity contribution in [3.63, 3.8) is 0 Å². The van der Waals surface area contributed by atoms with Gasteiger partial charge in [-0.1, -0.05) is 17.7 Å². The van der Waals surface area contributed by atoms with Crippen LogP contribution in [0.15, 0.2) is 24.3 Å². The second-order valence-corrected chi connectivity index (χ2v) is 3.18. The molecule has 0 unspecified atom stereocenters. The Labute approximate surface area is 89.0 Å². The molecule has 0 spiro atoms. The smallest absolute Gasteiger partial charge is 0.243 e.